The van der Waals surface area contributed by atoms with Gasteiger partial charge in [0.05, 0.1) is 5.56 Å². The molecular formula is C16H15F3N4O4. The van der Waals surface area contributed by atoms with Crippen molar-refractivity contribution in [1.29, 1.82) is 0 Å². The van der Waals surface area contributed by atoms with Crippen LogP contribution in [-0.4, -0.2) is 41.0 Å². The summed E-state index contributed by atoms with van der Waals surface area (Å²) in [4.78, 5) is 43.1. The molecule has 27 heavy (non-hydrogen) atoms. The summed E-state index contributed by atoms with van der Waals surface area (Å²) in [6.07, 6.45) is -4.57. The van der Waals surface area contributed by atoms with Crippen molar-refractivity contribution in [1.82, 2.24) is 15.3 Å². The molecule has 2 rings (SSSR count). The van der Waals surface area contributed by atoms with Gasteiger partial charge >= 0.3 is 12.1 Å². The molecule has 1 aromatic heterocycles. The van der Waals surface area contributed by atoms with Crippen LogP contribution in [0.5, 0.6) is 0 Å². The van der Waals surface area contributed by atoms with Gasteiger partial charge in [-0.2, -0.15) is 13.2 Å². The number of aromatic amines is 1. The Balaban J connectivity index is 2.30. The molecule has 0 saturated heterocycles. The molecule has 0 aliphatic carbocycles. The highest BCUT2D eigenvalue weighted by molar-refractivity contribution is 5.95. The number of aromatic nitrogens is 2. The number of anilines is 1. The molecule has 0 bridgehead atoms. The average Bonchev–Trinajstić information content (AvgIpc) is 2.58. The third-order valence-electron chi connectivity index (χ3n) is 3.48. The van der Waals surface area contributed by atoms with E-state index < -0.39 is 35.2 Å². The van der Waals surface area contributed by atoms with Crippen LogP contribution in [0.25, 0.3) is 0 Å². The van der Waals surface area contributed by atoms with Crippen LogP contribution in [0.1, 0.15) is 27.7 Å². The summed E-state index contributed by atoms with van der Waals surface area (Å²) < 4.78 is 37.9. The van der Waals surface area contributed by atoms with E-state index in [0.29, 0.717) is 12.1 Å². The number of benzene rings is 1. The van der Waals surface area contributed by atoms with E-state index in [-0.39, 0.29) is 17.2 Å². The Bertz CT molecular complexity index is 907. The number of carbonyl (C=O) groups is 2. The predicted octanol–water partition coefficient (Wildman–Crippen LogP) is 1.41. The first kappa shape index (κ1) is 19.9. The maximum Gasteiger partial charge on any atom is 0.416 e. The molecule has 11 heteroatoms. The number of nitrogens with zero attached hydrogens (tertiary/aromatic N) is 2. The van der Waals surface area contributed by atoms with Crippen molar-refractivity contribution in [3.8, 4) is 0 Å². The van der Waals surface area contributed by atoms with E-state index in [9.17, 15) is 32.7 Å². The van der Waals surface area contributed by atoms with Gasteiger partial charge in [0.2, 0.25) is 5.95 Å². The summed E-state index contributed by atoms with van der Waals surface area (Å²) in [6, 6.07) is 2.61. The van der Waals surface area contributed by atoms with Gasteiger partial charge in [0.25, 0.3) is 11.5 Å². The molecule has 0 fully saturated rings. The largest absolute Gasteiger partial charge is 0.479 e. The minimum absolute atomic E-state index is 0.0680. The Labute approximate surface area is 150 Å². The number of carbonyl (C=O) groups excluding carboxylic acids is 1. The predicted molar refractivity (Wildman–Crippen MR) is 88.5 cm³/mol. The van der Waals surface area contributed by atoms with Gasteiger partial charge in [0.1, 0.15) is 5.69 Å². The molecule has 1 amide bonds. The third kappa shape index (κ3) is 4.84. The monoisotopic (exact) mass is 384 g/mol. The average molecular weight is 384 g/mol. The van der Waals surface area contributed by atoms with Crippen LogP contribution in [0.4, 0.5) is 19.1 Å². The Morgan fingerprint density at radius 3 is 2.30 bits per heavy atom. The molecule has 0 radical (unpaired) electrons. The molecule has 0 spiro atoms. The minimum atomic E-state index is -4.57. The van der Waals surface area contributed by atoms with Gasteiger partial charge < -0.3 is 15.3 Å². The van der Waals surface area contributed by atoms with Crippen LogP contribution in [0.3, 0.4) is 0 Å². The molecule has 0 saturated carbocycles. The lowest BCUT2D eigenvalue weighted by atomic mass is 10.0. The topological polar surface area (TPSA) is 115 Å². The normalized spacial score (nSPS) is 12.3. The number of hydrogen-bond donors (Lipinski definition) is 3. The van der Waals surface area contributed by atoms with Crippen molar-refractivity contribution in [2.75, 3.05) is 19.0 Å². The van der Waals surface area contributed by atoms with Crippen LogP contribution >= 0.6 is 0 Å². The quantitative estimate of drug-likeness (QED) is 0.718. The molecule has 1 heterocycles. The molecule has 3 N–H and O–H groups in total. The van der Waals surface area contributed by atoms with Crippen molar-refractivity contribution >= 4 is 17.8 Å². The van der Waals surface area contributed by atoms with Crippen LogP contribution in [-0.2, 0) is 11.0 Å². The van der Waals surface area contributed by atoms with Gasteiger partial charge in [-0.05, 0) is 17.7 Å². The Kier molecular flexibility index (Phi) is 5.52. The number of carboxylic acid groups (broad SMARTS) is 1. The van der Waals surface area contributed by atoms with Crippen molar-refractivity contribution < 1.29 is 27.9 Å². The molecule has 0 aliphatic rings. The minimum Gasteiger partial charge on any atom is -0.479 e. The summed E-state index contributed by atoms with van der Waals surface area (Å²) in [5, 5.41) is 11.5. The van der Waals surface area contributed by atoms with Crippen molar-refractivity contribution in [2.45, 2.75) is 12.2 Å². The maximum absolute atomic E-state index is 12.6. The van der Waals surface area contributed by atoms with Gasteiger partial charge in [-0.1, -0.05) is 12.1 Å². The lowest BCUT2D eigenvalue weighted by Crippen LogP contribution is -2.35. The highest BCUT2D eigenvalue weighted by Gasteiger charge is 2.31. The first-order chi connectivity index (χ1) is 12.5. The number of aliphatic carboxylic acids is 1. The van der Waals surface area contributed by atoms with Gasteiger partial charge in [-0.3, -0.25) is 14.6 Å². The lowest BCUT2D eigenvalue weighted by Gasteiger charge is -2.16. The van der Waals surface area contributed by atoms with Crippen molar-refractivity contribution in [2.24, 2.45) is 0 Å². The number of hydrogen-bond acceptors (Lipinski definition) is 5. The summed E-state index contributed by atoms with van der Waals surface area (Å²) in [6.45, 7) is 0. The Morgan fingerprint density at radius 2 is 1.81 bits per heavy atom. The van der Waals surface area contributed by atoms with Gasteiger partial charge in [-0.15, -0.1) is 0 Å². The second kappa shape index (κ2) is 7.48. The standard InChI is InChI=1S/C16H15F3N4O4/c1-23(2)15-20-10(7-11(24)21-15)13(25)22-12(14(26)27)8-3-5-9(6-4-8)16(17,18)19/h3-7,12H,1-2H3,(H,22,25)(H,26,27)(H,20,21,24). The second-order valence-electron chi connectivity index (χ2n) is 5.71. The first-order valence-corrected chi connectivity index (χ1v) is 7.48. The number of carboxylic acids is 1. The molecular weight excluding hydrogens is 369 g/mol. The number of alkyl halides is 3. The molecule has 0 aliphatic heterocycles. The summed E-state index contributed by atoms with van der Waals surface area (Å²) >= 11 is 0. The van der Waals surface area contributed by atoms with Gasteiger partial charge in [0.15, 0.2) is 6.04 Å². The first-order valence-electron chi connectivity index (χ1n) is 7.48. The lowest BCUT2D eigenvalue weighted by molar-refractivity contribution is -0.139. The zero-order valence-electron chi connectivity index (χ0n) is 14.2. The molecule has 144 valence electrons. The van der Waals surface area contributed by atoms with E-state index in [1.807, 2.05) is 0 Å². The molecule has 2 aromatic rings. The number of halogens is 3. The fourth-order valence-corrected chi connectivity index (χ4v) is 2.13. The van der Waals surface area contributed by atoms with E-state index in [4.69, 9.17) is 0 Å². The fourth-order valence-electron chi connectivity index (χ4n) is 2.13. The van der Waals surface area contributed by atoms with E-state index in [2.05, 4.69) is 15.3 Å². The van der Waals surface area contributed by atoms with Crippen molar-refractivity contribution in [3.63, 3.8) is 0 Å². The smallest absolute Gasteiger partial charge is 0.416 e. The molecule has 1 unspecified atom stereocenters. The van der Waals surface area contributed by atoms with E-state index in [1.54, 1.807) is 14.1 Å². The summed E-state index contributed by atoms with van der Waals surface area (Å²) in [5.41, 5.74) is -1.98. The van der Waals surface area contributed by atoms with Crippen LogP contribution < -0.4 is 15.8 Å². The number of nitrogens with one attached hydrogen (secondary N) is 2. The third-order valence-corrected chi connectivity index (χ3v) is 3.48. The van der Waals surface area contributed by atoms with Gasteiger partial charge in [0, 0.05) is 20.2 Å². The maximum atomic E-state index is 12.6. The molecule has 1 aromatic carbocycles. The highest BCUT2D eigenvalue weighted by atomic mass is 19.4. The molecule has 8 nitrogen and oxygen atoms in total. The Hall–Kier alpha value is -3.37. The second-order valence-corrected chi connectivity index (χ2v) is 5.71. The summed E-state index contributed by atoms with van der Waals surface area (Å²) in [5.74, 6) is -2.37. The van der Waals surface area contributed by atoms with Gasteiger partial charge in [-0.25, -0.2) is 9.78 Å². The van der Waals surface area contributed by atoms with Crippen LogP contribution in [0.2, 0.25) is 0 Å². The van der Waals surface area contributed by atoms with E-state index >= 15 is 0 Å². The van der Waals surface area contributed by atoms with E-state index in [1.165, 1.54) is 4.90 Å². The number of amides is 1. The van der Waals surface area contributed by atoms with Crippen LogP contribution in [0, 0.1) is 0 Å². The van der Waals surface area contributed by atoms with Crippen LogP contribution in [0.15, 0.2) is 35.1 Å². The number of H-pyrrole nitrogens is 1. The SMILES string of the molecule is CN(C)c1nc(C(=O)NC(C(=O)O)c2ccc(C(F)(F)F)cc2)cc(=O)[nH]1. The fraction of sp³-hybridized carbons (Fsp3) is 0.250. The highest BCUT2D eigenvalue weighted by Crippen LogP contribution is 2.30. The molecule has 1 atom stereocenters. The zero-order valence-corrected chi connectivity index (χ0v) is 14.2. The summed E-state index contributed by atoms with van der Waals surface area (Å²) in [7, 11) is 3.14. The number of rotatable bonds is 5. The van der Waals surface area contributed by atoms with Crippen molar-refractivity contribution in [3.05, 3.63) is 57.5 Å². The van der Waals surface area contributed by atoms with E-state index in [0.717, 1.165) is 18.2 Å². The Morgan fingerprint density at radius 1 is 1.22 bits per heavy atom. The zero-order chi connectivity index (χ0) is 20.4.